The SMILES string of the molecule is CC.CC.c1ccc(CNc2nccc3ncc(-c4ccccc4)nc23)cc1. The average Bonchev–Trinajstić information content (AvgIpc) is 2.81. The van der Waals surface area contributed by atoms with Gasteiger partial charge in [-0.2, -0.15) is 0 Å². The summed E-state index contributed by atoms with van der Waals surface area (Å²) in [4.78, 5) is 13.7. The van der Waals surface area contributed by atoms with E-state index in [4.69, 9.17) is 4.98 Å². The molecular weight excluding hydrogens is 344 g/mol. The monoisotopic (exact) mass is 372 g/mol. The molecule has 4 nitrogen and oxygen atoms in total. The molecule has 2 heterocycles. The molecule has 4 aromatic rings. The number of nitrogens with zero attached hydrogens (tertiary/aromatic N) is 3. The predicted octanol–water partition coefficient (Wildman–Crippen LogP) is 6.36. The van der Waals surface area contributed by atoms with Crippen molar-refractivity contribution in [2.75, 3.05) is 5.32 Å². The van der Waals surface area contributed by atoms with Gasteiger partial charge in [0.25, 0.3) is 0 Å². The van der Waals surface area contributed by atoms with Crippen LogP contribution in [0.15, 0.2) is 79.1 Å². The molecule has 0 unspecified atom stereocenters. The maximum Gasteiger partial charge on any atom is 0.154 e. The van der Waals surface area contributed by atoms with Gasteiger partial charge in [-0.25, -0.2) is 9.97 Å². The highest BCUT2D eigenvalue weighted by Crippen LogP contribution is 2.22. The highest BCUT2D eigenvalue weighted by Gasteiger charge is 2.07. The smallest absolute Gasteiger partial charge is 0.154 e. The fourth-order valence-electron chi connectivity index (χ4n) is 2.60. The fraction of sp³-hybridized carbons (Fsp3) is 0.208. The zero-order valence-corrected chi connectivity index (χ0v) is 17.1. The summed E-state index contributed by atoms with van der Waals surface area (Å²) < 4.78 is 0. The van der Waals surface area contributed by atoms with Gasteiger partial charge in [0.2, 0.25) is 0 Å². The third-order valence-corrected chi connectivity index (χ3v) is 3.83. The molecule has 0 aliphatic carbocycles. The van der Waals surface area contributed by atoms with E-state index in [2.05, 4.69) is 27.4 Å². The lowest BCUT2D eigenvalue weighted by Crippen LogP contribution is -2.03. The van der Waals surface area contributed by atoms with E-state index < -0.39 is 0 Å². The van der Waals surface area contributed by atoms with Gasteiger partial charge in [0.1, 0.15) is 5.52 Å². The molecule has 0 atom stereocenters. The molecule has 0 radical (unpaired) electrons. The molecule has 0 bridgehead atoms. The Labute approximate surface area is 167 Å². The molecule has 4 heteroatoms. The van der Waals surface area contributed by atoms with Crippen LogP contribution in [0.4, 0.5) is 5.82 Å². The lowest BCUT2D eigenvalue weighted by molar-refractivity contribution is 1.11. The van der Waals surface area contributed by atoms with E-state index in [-0.39, 0.29) is 0 Å². The zero-order valence-electron chi connectivity index (χ0n) is 17.1. The Morgan fingerprint density at radius 1 is 0.750 bits per heavy atom. The Hall–Kier alpha value is -3.27. The molecule has 0 aliphatic rings. The summed E-state index contributed by atoms with van der Waals surface area (Å²) in [5, 5.41) is 3.37. The number of hydrogen-bond donors (Lipinski definition) is 1. The molecule has 0 saturated carbocycles. The van der Waals surface area contributed by atoms with Crippen LogP contribution >= 0.6 is 0 Å². The minimum atomic E-state index is 0.699. The number of nitrogens with one attached hydrogen (secondary N) is 1. The molecule has 0 aliphatic heterocycles. The predicted molar refractivity (Wildman–Crippen MR) is 119 cm³/mol. The zero-order chi connectivity index (χ0) is 20.2. The first-order valence-corrected chi connectivity index (χ1v) is 9.85. The normalized spacial score (nSPS) is 9.57. The summed E-state index contributed by atoms with van der Waals surface area (Å²) in [6.45, 7) is 8.70. The van der Waals surface area contributed by atoms with E-state index in [0.717, 1.165) is 28.1 Å². The topological polar surface area (TPSA) is 50.7 Å². The lowest BCUT2D eigenvalue weighted by Gasteiger charge is -2.09. The van der Waals surface area contributed by atoms with Crippen molar-refractivity contribution in [3.63, 3.8) is 0 Å². The molecule has 4 rings (SSSR count). The first kappa shape index (κ1) is 21.0. The number of benzene rings is 2. The summed E-state index contributed by atoms with van der Waals surface area (Å²) >= 11 is 0. The lowest BCUT2D eigenvalue weighted by atomic mass is 10.1. The molecular formula is C24H28N4. The van der Waals surface area contributed by atoms with Gasteiger partial charge >= 0.3 is 0 Å². The Morgan fingerprint density at radius 2 is 1.39 bits per heavy atom. The van der Waals surface area contributed by atoms with Crippen molar-refractivity contribution in [1.29, 1.82) is 0 Å². The standard InChI is InChI=1S/C20H16N4.2C2H6/c1-3-7-15(8-4-1)13-23-20-19-17(11-12-21-20)22-14-18(24-19)16-9-5-2-6-10-16;2*1-2/h1-12,14H,13H2,(H,21,23);2*1-2H3. The summed E-state index contributed by atoms with van der Waals surface area (Å²) in [6.07, 6.45) is 3.56. The molecule has 0 saturated heterocycles. The van der Waals surface area contributed by atoms with E-state index in [1.807, 2.05) is 82.3 Å². The number of pyridine rings is 1. The van der Waals surface area contributed by atoms with Gasteiger partial charge in [-0.3, -0.25) is 4.98 Å². The minimum Gasteiger partial charge on any atom is -0.364 e. The molecule has 2 aromatic heterocycles. The maximum atomic E-state index is 4.77. The molecule has 0 fully saturated rings. The van der Waals surface area contributed by atoms with Crippen LogP contribution in [0.2, 0.25) is 0 Å². The number of fused-ring (bicyclic) bond motifs is 1. The van der Waals surface area contributed by atoms with E-state index >= 15 is 0 Å². The second-order valence-electron chi connectivity index (χ2n) is 5.49. The molecule has 2 aromatic carbocycles. The Bertz CT molecular complexity index is 954. The summed E-state index contributed by atoms with van der Waals surface area (Å²) in [7, 11) is 0. The van der Waals surface area contributed by atoms with Gasteiger partial charge in [0.05, 0.1) is 17.4 Å². The van der Waals surface area contributed by atoms with Gasteiger partial charge in [0.15, 0.2) is 5.82 Å². The van der Waals surface area contributed by atoms with Crippen molar-refractivity contribution in [1.82, 2.24) is 15.0 Å². The quantitative estimate of drug-likeness (QED) is 0.453. The summed E-state index contributed by atoms with van der Waals surface area (Å²) in [5.41, 5.74) is 4.71. The van der Waals surface area contributed by atoms with Crippen LogP contribution in [0.1, 0.15) is 33.3 Å². The molecule has 0 amide bonds. The summed E-state index contributed by atoms with van der Waals surface area (Å²) in [5.74, 6) is 0.752. The van der Waals surface area contributed by atoms with Crippen molar-refractivity contribution in [3.05, 3.63) is 84.7 Å². The number of rotatable bonds is 4. The van der Waals surface area contributed by atoms with Crippen molar-refractivity contribution in [2.24, 2.45) is 0 Å². The largest absolute Gasteiger partial charge is 0.364 e. The van der Waals surface area contributed by atoms with Gasteiger partial charge in [-0.05, 0) is 11.6 Å². The van der Waals surface area contributed by atoms with Gasteiger partial charge < -0.3 is 5.32 Å². The van der Waals surface area contributed by atoms with E-state index in [9.17, 15) is 0 Å². The van der Waals surface area contributed by atoms with E-state index in [0.29, 0.717) is 6.54 Å². The van der Waals surface area contributed by atoms with Crippen LogP contribution in [0, 0.1) is 0 Å². The van der Waals surface area contributed by atoms with Gasteiger partial charge in [-0.1, -0.05) is 88.4 Å². The van der Waals surface area contributed by atoms with Crippen LogP contribution in [0.5, 0.6) is 0 Å². The highest BCUT2D eigenvalue weighted by atomic mass is 15.0. The van der Waals surface area contributed by atoms with Crippen LogP contribution in [-0.4, -0.2) is 15.0 Å². The van der Waals surface area contributed by atoms with Gasteiger partial charge in [0, 0.05) is 18.3 Å². The first-order chi connectivity index (χ1) is 13.9. The van der Waals surface area contributed by atoms with E-state index in [1.54, 1.807) is 12.4 Å². The average molecular weight is 373 g/mol. The third-order valence-electron chi connectivity index (χ3n) is 3.83. The fourth-order valence-corrected chi connectivity index (χ4v) is 2.60. The number of hydrogen-bond acceptors (Lipinski definition) is 4. The van der Waals surface area contributed by atoms with Crippen molar-refractivity contribution in [2.45, 2.75) is 34.2 Å². The maximum absolute atomic E-state index is 4.77. The Kier molecular flexibility index (Phi) is 8.60. The van der Waals surface area contributed by atoms with E-state index in [1.165, 1.54) is 5.56 Å². The highest BCUT2D eigenvalue weighted by molar-refractivity contribution is 5.86. The second kappa shape index (κ2) is 11.4. The van der Waals surface area contributed by atoms with Crippen molar-refractivity contribution >= 4 is 16.9 Å². The molecule has 28 heavy (non-hydrogen) atoms. The van der Waals surface area contributed by atoms with Crippen LogP contribution in [0.25, 0.3) is 22.3 Å². The van der Waals surface area contributed by atoms with Crippen LogP contribution in [-0.2, 0) is 6.54 Å². The van der Waals surface area contributed by atoms with Crippen molar-refractivity contribution in [3.8, 4) is 11.3 Å². The minimum absolute atomic E-state index is 0.699. The van der Waals surface area contributed by atoms with Crippen molar-refractivity contribution < 1.29 is 0 Å². The Morgan fingerprint density at radius 3 is 2.07 bits per heavy atom. The van der Waals surface area contributed by atoms with Gasteiger partial charge in [-0.15, -0.1) is 0 Å². The molecule has 0 spiro atoms. The number of aromatic nitrogens is 3. The van der Waals surface area contributed by atoms with Crippen LogP contribution in [0.3, 0.4) is 0 Å². The summed E-state index contributed by atoms with van der Waals surface area (Å²) in [6, 6.07) is 22.2. The first-order valence-electron chi connectivity index (χ1n) is 9.85. The second-order valence-corrected chi connectivity index (χ2v) is 5.49. The molecule has 144 valence electrons. The Balaban J connectivity index is 0.000000660. The third kappa shape index (κ3) is 5.36. The number of anilines is 1. The molecule has 1 N–H and O–H groups in total. The van der Waals surface area contributed by atoms with Crippen LogP contribution < -0.4 is 5.32 Å².